The van der Waals surface area contributed by atoms with Gasteiger partial charge in [-0.2, -0.15) is 0 Å². The Morgan fingerprint density at radius 1 is 0.473 bits per heavy atom. The van der Waals surface area contributed by atoms with Crippen molar-refractivity contribution in [2.45, 2.75) is 83.5 Å². The van der Waals surface area contributed by atoms with Gasteiger partial charge in [-0.05, 0) is 151 Å². The molecule has 0 fully saturated rings. The van der Waals surface area contributed by atoms with Crippen molar-refractivity contribution in [2.75, 3.05) is 4.90 Å². The van der Waals surface area contributed by atoms with Gasteiger partial charge in [0.15, 0.2) is 0 Å². The summed E-state index contributed by atoms with van der Waals surface area (Å²) in [5, 5.41) is 2.51. The molecule has 0 radical (unpaired) electrons. The fraction of sp³-hybridized carbons (Fsp3) is 0.194. The molecule has 0 spiro atoms. The normalized spacial score (nSPS) is 17.3. The van der Waals surface area contributed by atoms with Gasteiger partial charge in [-0.3, -0.25) is 0 Å². The number of benzene rings is 9. The monoisotopic (exact) mass is 957 g/mol. The SMILES string of the molecule is CC(C)(C)c1ccc2c(c1)C(c1ccccc1)(C1C=CC=CC1)c1cc(C(C)(C)C)cc(N(c3ccc(-c4ccc5c(c4)c4ccccc4n5-c4ccccc4)cc3)c3ccc4c(c3)C(C)(C)c3ccccc3-4)c1-2. The van der Waals surface area contributed by atoms with E-state index < -0.39 is 5.41 Å². The third-order valence-corrected chi connectivity index (χ3v) is 17.0. The first-order valence-electron chi connectivity index (χ1n) is 26.7. The van der Waals surface area contributed by atoms with Crippen molar-refractivity contribution >= 4 is 38.9 Å². The molecule has 10 aromatic rings. The van der Waals surface area contributed by atoms with Gasteiger partial charge in [0.25, 0.3) is 0 Å². The van der Waals surface area contributed by atoms with Crippen LogP contribution >= 0.6 is 0 Å². The lowest BCUT2D eigenvalue weighted by atomic mass is 9.61. The number of nitrogens with zero attached hydrogens (tertiary/aromatic N) is 2. The molecule has 2 heteroatoms. The minimum absolute atomic E-state index is 0.0417. The number of fused-ring (bicyclic) bond motifs is 9. The van der Waals surface area contributed by atoms with Crippen LogP contribution in [-0.4, -0.2) is 4.57 Å². The third-order valence-electron chi connectivity index (χ3n) is 17.0. The van der Waals surface area contributed by atoms with Crippen molar-refractivity contribution in [1.29, 1.82) is 0 Å². The van der Waals surface area contributed by atoms with Gasteiger partial charge in [-0.25, -0.2) is 0 Å². The summed E-state index contributed by atoms with van der Waals surface area (Å²) in [6, 6.07) is 76.3. The van der Waals surface area contributed by atoms with E-state index in [1.165, 1.54) is 106 Å². The molecular weight excluding hydrogens is 893 g/mol. The minimum Gasteiger partial charge on any atom is -0.310 e. The maximum Gasteiger partial charge on any atom is 0.0546 e. The summed E-state index contributed by atoms with van der Waals surface area (Å²) in [6.07, 6.45) is 10.3. The lowest BCUT2D eigenvalue weighted by Gasteiger charge is -2.41. The van der Waals surface area contributed by atoms with E-state index in [2.05, 4.69) is 289 Å². The van der Waals surface area contributed by atoms with Gasteiger partial charge in [0.2, 0.25) is 0 Å². The van der Waals surface area contributed by atoms with Crippen LogP contribution in [0.15, 0.2) is 224 Å². The second-order valence-electron chi connectivity index (χ2n) is 23.7. The molecule has 9 aromatic carbocycles. The van der Waals surface area contributed by atoms with Crippen LogP contribution in [0.25, 0.3) is 60.9 Å². The molecule has 2 nitrogen and oxygen atoms in total. The molecule has 2 atom stereocenters. The van der Waals surface area contributed by atoms with Crippen LogP contribution in [0.3, 0.4) is 0 Å². The lowest BCUT2D eigenvalue weighted by molar-refractivity contribution is 0.454. The summed E-state index contributed by atoms with van der Waals surface area (Å²) in [6.45, 7) is 19.0. The van der Waals surface area contributed by atoms with Crippen LogP contribution in [-0.2, 0) is 21.7 Å². The summed E-state index contributed by atoms with van der Waals surface area (Å²) in [4.78, 5) is 2.60. The number of para-hydroxylation sites is 2. The highest BCUT2D eigenvalue weighted by molar-refractivity contribution is 6.10. The van der Waals surface area contributed by atoms with E-state index in [0.717, 1.165) is 17.8 Å². The summed E-state index contributed by atoms with van der Waals surface area (Å²) < 4.78 is 2.39. The smallest absolute Gasteiger partial charge is 0.0546 e. The van der Waals surface area contributed by atoms with Gasteiger partial charge in [-0.1, -0.05) is 219 Å². The number of rotatable bonds is 7. The Morgan fingerprint density at radius 3 is 1.85 bits per heavy atom. The highest BCUT2D eigenvalue weighted by Gasteiger charge is 2.51. The van der Waals surface area contributed by atoms with Gasteiger partial charge in [0, 0.05) is 38.8 Å². The van der Waals surface area contributed by atoms with Crippen LogP contribution in [0.1, 0.15) is 101 Å². The van der Waals surface area contributed by atoms with E-state index in [9.17, 15) is 0 Å². The second kappa shape index (κ2) is 16.8. The maximum atomic E-state index is 2.60. The fourth-order valence-electron chi connectivity index (χ4n) is 13.1. The van der Waals surface area contributed by atoms with Crippen LogP contribution in [0.4, 0.5) is 17.1 Å². The molecule has 1 heterocycles. The highest BCUT2D eigenvalue weighted by Crippen LogP contribution is 2.63. The maximum absolute atomic E-state index is 2.60. The molecule has 2 unspecified atom stereocenters. The number of allylic oxidation sites excluding steroid dienone is 4. The van der Waals surface area contributed by atoms with E-state index in [4.69, 9.17) is 0 Å². The zero-order valence-corrected chi connectivity index (χ0v) is 44.0. The molecule has 3 aliphatic rings. The molecule has 13 rings (SSSR count). The van der Waals surface area contributed by atoms with Crippen molar-refractivity contribution < 1.29 is 0 Å². The van der Waals surface area contributed by atoms with Crippen molar-refractivity contribution in [3.8, 4) is 39.1 Å². The molecule has 362 valence electrons. The minimum atomic E-state index is -0.455. The van der Waals surface area contributed by atoms with Crippen molar-refractivity contribution in [3.63, 3.8) is 0 Å². The van der Waals surface area contributed by atoms with Crippen molar-refractivity contribution in [3.05, 3.63) is 263 Å². The first-order chi connectivity index (χ1) is 35.7. The fourth-order valence-corrected chi connectivity index (χ4v) is 13.1. The Kier molecular flexibility index (Phi) is 10.4. The molecule has 0 amide bonds. The lowest BCUT2D eigenvalue weighted by Crippen LogP contribution is -2.36. The summed E-state index contributed by atoms with van der Waals surface area (Å²) in [5.74, 6) is 0.194. The van der Waals surface area contributed by atoms with Crippen molar-refractivity contribution in [2.24, 2.45) is 5.92 Å². The average molecular weight is 957 g/mol. The molecule has 3 aliphatic carbocycles. The Bertz CT molecular complexity index is 3910. The number of hydrogen-bond donors (Lipinski definition) is 0. The third kappa shape index (κ3) is 6.98. The van der Waals surface area contributed by atoms with E-state index in [1.807, 2.05) is 0 Å². The second-order valence-corrected chi connectivity index (χ2v) is 23.7. The Hall–Kier alpha value is -7.94. The van der Waals surface area contributed by atoms with Crippen molar-refractivity contribution in [1.82, 2.24) is 4.57 Å². The quantitative estimate of drug-likeness (QED) is 0.155. The standard InChI is InChI=1S/C72H64N2/c1-69(2,3)51-35-39-59-63(43-51)72(49-22-12-9-13-23-49,50-24-14-10-15-25-50)64-44-52(70(4,5)6)45-67(68(59)64)73(55-38-40-57-56-28-18-20-30-61(56)71(7,8)62(57)46-55)54-36-32-47(33-37-54)48-34-41-66-60(42-48)58-29-19-21-31-65(58)74(66)53-26-16-11-17-27-53/h9-24,26-46,50H,25H2,1-8H3. The zero-order chi connectivity index (χ0) is 50.7. The molecule has 0 saturated carbocycles. The summed E-state index contributed by atoms with van der Waals surface area (Å²) in [7, 11) is 0. The van der Waals surface area contributed by atoms with Gasteiger partial charge in [0.1, 0.15) is 0 Å². The molecule has 74 heavy (non-hydrogen) atoms. The Balaban J connectivity index is 1.07. The first kappa shape index (κ1) is 45.9. The Morgan fingerprint density at radius 2 is 1.11 bits per heavy atom. The van der Waals surface area contributed by atoms with E-state index in [1.54, 1.807) is 0 Å². The van der Waals surface area contributed by atoms with Gasteiger partial charge < -0.3 is 9.47 Å². The number of hydrogen-bond acceptors (Lipinski definition) is 1. The van der Waals surface area contributed by atoms with E-state index >= 15 is 0 Å². The topological polar surface area (TPSA) is 8.17 Å². The number of aromatic nitrogens is 1. The van der Waals surface area contributed by atoms with Gasteiger partial charge in [-0.15, -0.1) is 0 Å². The van der Waals surface area contributed by atoms with Crippen LogP contribution < -0.4 is 4.90 Å². The largest absolute Gasteiger partial charge is 0.310 e. The van der Waals surface area contributed by atoms with Gasteiger partial charge in [0.05, 0.1) is 22.1 Å². The highest BCUT2D eigenvalue weighted by atomic mass is 15.1. The molecule has 0 bridgehead atoms. The van der Waals surface area contributed by atoms with Crippen LogP contribution in [0.5, 0.6) is 0 Å². The summed E-state index contributed by atoms with van der Waals surface area (Å²) in [5.41, 5.74) is 23.5. The predicted molar refractivity (Wildman–Crippen MR) is 314 cm³/mol. The van der Waals surface area contributed by atoms with Crippen LogP contribution in [0.2, 0.25) is 0 Å². The predicted octanol–water partition coefficient (Wildman–Crippen LogP) is 19.3. The van der Waals surface area contributed by atoms with Crippen LogP contribution in [0, 0.1) is 5.92 Å². The molecule has 0 N–H and O–H groups in total. The molecular formula is C72H64N2. The first-order valence-corrected chi connectivity index (χ1v) is 26.7. The molecule has 1 aromatic heterocycles. The van der Waals surface area contributed by atoms with E-state index in [-0.39, 0.29) is 22.2 Å². The summed E-state index contributed by atoms with van der Waals surface area (Å²) >= 11 is 0. The van der Waals surface area contributed by atoms with E-state index in [0.29, 0.717) is 0 Å². The molecule has 0 saturated heterocycles. The number of anilines is 3. The average Bonchev–Trinajstić information content (AvgIpc) is 4.00. The van der Waals surface area contributed by atoms with Gasteiger partial charge >= 0.3 is 0 Å². The molecule has 0 aliphatic heterocycles. The zero-order valence-electron chi connectivity index (χ0n) is 44.0. The Labute approximate surface area is 438 Å².